The largest absolute Gasteiger partial charge is 0.379 e. The number of hydrogen-bond acceptors (Lipinski definition) is 3. The number of ether oxygens (including phenoxy) is 1. The molecule has 0 aromatic rings. The summed E-state index contributed by atoms with van der Waals surface area (Å²) in [7, 11) is 2.26. The normalized spacial score (nSPS) is 23.5. The fourth-order valence-electron chi connectivity index (χ4n) is 3.92. The maximum Gasteiger partial charge on any atom is 0.0518 e. The van der Waals surface area contributed by atoms with E-state index >= 15 is 0 Å². The lowest BCUT2D eigenvalue weighted by Gasteiger charge is -2.33. The van der Waals surface area contributed by atoms with E-state index in [-0.39, 0.29) is 0 Å². The average Bonchev–Trinajstić information content (AvgIpc) is 2.50. The highest BCUT2D eigenvalue weighted by atomic mass is 16.5. The smallest absolute Gasteiger partial charge is 0.0518 e. The van der Waals surface area contributed by atoms with Gasteiger partial charge in [0.15, 0.2) is 0 Å². The van der Waals surface area contributed by atoms with Gasteiger partial charge in [0.2, 0.25) is 0 Å². The molecule has 0 aromatic heterocycles. The van der Waals surface area contributed by atoms with Gasteiger partial charge in [0.25, 0.3) is 0 Å². The van der Waals surface area contributed by atoms with Crippen LogP contribution in [0.4, 0.5) is 0 Å². The first-order chi connectivity index (χ1) is 10.6. The van der Waals surface area contributed by atoms with Crippen LogP contribution in [0.3, 0.4) is 0 Å². The number of rotatable bonds is 8. The van der Waals surface area contributed by atoms with Crippen LogP contribution in [0, 0.1) is 11.8 Å². The maximum absolute atomic E-state index is 5.69. The molecule has 0 aromatic carbocycles. The Labute approximate surface area is 138 Å². The number of hydrogen-bond donors (Lipinski definition) is 0. The van der Waals surface area contributed by atoms with Crippen molar-refractivity contribution >= 4 is 0 Å². The van der Waals surface area contributed by atoms with Crippen LogP contribution in [0.25, 0.3) is 0 Å². The quantitative estimate of drug-likeness (QED) is 0.681. The lowest BCUT2D eigenvalue weighted by atomic mass is 9.91. The summed E-state index contributed by atoms with van der Waals surface area (Å²) >= 11 is 0. The van der Waals surface area contributed by atoms with Gasteiger partial charge >= 0.3 is 0 Å². The third-order valence-corrected chi connectivity index (χ3v) is 5.61. The number of nitrogens with zero attached hydrogens (tertiary/aromatic N) is 2. The van der Waals surface area contributed by atoms with Gasteiger partial charge in [-0.25, -0.2) is 0 Å². The standard InChI is InChI=1S/C19H38N2O/c1-17(2)22-16-10-19-8-14-21(15-9-19)11-4-5-18-6-12-20(3)13-7-18/h17-19H,4-16H2,1-3H3. The summed E-state index contributed by atoms with van der Waals surface area (Å²) in [6.45, 7) is 11.8. The van der Waals surface area contributed by atoms with Crippen LogP contribution in [0.15, 0.2) is 0 Å². The van der Waals surface area contributed by atoms with Crippen LogP contribution < -0.4 is 0 Å². The minimum Gasteiger partial charge on any atom is -0.379 e. The molecule has 0 aliphatic carbocycles. The van der Waals surface area contributed by atoms with Gasteiger partial charge in [-0.3, -0.25) is 0 Å². The van der Waals surface area contributed by atoms with Crippen molar-refractivity contribution in [2.24, 2.45) is 11.8 Å². The van der Waals surface area contributed by atoms with Gasteiger partial charge < -0.3 is 14.5 Å². The molecule has 2 rings (SSSR count). The zero-order valence-corrected chi connectivity index (χ0v) is 15.2. The number of piperidine rings is 2. The molecule has 0 radical (unpaired) electrons. The fraction of sp³-hybridized carbons (Fsp3) is 1.00. The Bertz CT molecular complexity index is 279. The molecule has 2 aliphatic heterocycles. The molecule has 2 aliphatic rings. The van der Waals surface area contributed by atoms with Gasteiger partial charge in [0.05, 0.1) is 6.10 Å². The van der Waals surface area contributed by atoms with E-state index in [0.717, 1.165) is 18.4 Å². The highest BCUT2D eigenvalue weighted by Crippen LogP contribution is 2.23. The fourth-order valence-corrected chi connectivity index (χ4v) is 3.92. The van der Waals surface area contributed by atoms with Crippen LogP contribution in [0.1, 0.15) is 58.8 Å². The van der Waals surface area contributed by atoms with Crippen molar-refractivity contribution in [1.29, 1.82) is 0 Å². The Hall–Kier alpha value is -0.120. The Morgan fingerprint density at radius 1 is 0.909 bits per heavy atom. The van der Waals surface area contributed by atoms with E-state index < -0.39 is 0 Å². The van der Waals surface area contributed by atoms with E-state index in [9.17, 15) is 0 Å². The molecule has 0 bridgehead atoms. The van der Waals surface area contributed by atoms with Crippen molar-refractivity contribution in [2.45, 2.75) is 64.9 Å². The van der Waals surface area contributed by atoms with Crippen LogP contribution in [-0.4, -0.2) is 62.3 Å². The molecular formula is C19H38N2O. The van der Waals surface area contributed by atoms with E-state index in [0.29, 0.717) is 6.10 Å². The lowest BCUT2D eigenvalue weighted by Crippen LogP contribution is -2.35. The Kier molecular flexibility index (Phi) is 8.19. The van der Waals surface area contributed by atoms with Crippen molar-refractivity contribution in [3.05, 3.63) is 0 Å². The molecule has 2 fully saturated rings. The topological polar surface area (TPSA) is 15.7 Å². The minimum atomic E-state index is 0.389. The second-order valence-corrected chi connectivity index (χ2v) is 7.88. The highest BCUT2D eigenvalue weighted by Gasteiger charge is 2.20. The van der Waals surface area contributed by atoms with Crippen molar-refractivity contribution in [2.75, 3.05) is 46.4 Å². The van der Waals surface area contributed by atoms with Crippen molar-refractivity contribution in [3.63, 3.8) is 0 Å². The summed E-state index contributed by atoms with van der Waals surface area (Å²) < 4.78 is 5.69. The summed E-state index contributed by atoms with van der Waals surface area (Å²) in [4.78, 5) is 5.18. The zero-order chi connectivity index (χ0) is 15.8. The first-order valence-corrected chi connectivity index (χ1v) is 9.66. The SMILES string of the molecule is CC(C)OCCC1CCN(CCCC2CCN(C)CC2)CC1. The van der Waals surface area contributed by atoms with E-state index in [2.05, 4.69) is 30.7 Å². The molecule has 130 valence electrons. The summed E-state index contributed by atoms with van der Waals surface area (Å²) in [6.07, 6.45) is 10.1. The molecule has 3 heteroatoms. The molecule has 3 nitrogen and oxygen atoms in total. The Balaban J connectivity index is 1.49. The molecule has 0 unspecified atom stereocenters. The Morgan fingerprint density at radius 2 is 1.50 bits per heavy atom. The highest BCUT2D eigenvalue weighted by molar-refractivity contribution is 4.74. The van der Waals surface area contributed by atoms with Gasteiger partial charge in [-0.05, 0) is 110 Å². The Morgan fingerprint density at radius 3 is 2.14 bits per heavy atom. The predicted octanol–water partition coefficient (Wildman–Crippen LogP) is 3.64. The predicted molar refractivity (Wildman–Crippen MR) is 94.3 cm³/mol. The van der Waals surface area contributed by atoms with Crippen molar-refractivity contribution in [3.8, 4) is 0 Å². The van der Waals surface area contributed by atoms with Crippen LogP contribution in [-0.2, 0) is 4.74 Å². The first-order valence-electron chi connectivity index (χ1n) is 9.66. The molecule has 0 N–H and O–H groups in total. The summed E-state index contributed by atoms with van der Waals surface area (Å²) in [5.74, 6) is 1.91. The third kappa shape index (κ3) is 6.97. The zero-order valence-electron chi connectivity index (χ0n) is 15.2. The van der Waals surface area contributed by atoms with E-state index in [4.69, 9.17) is 4.74 Å². The van der Waals surface area contributed by atoms with Crippen molar-refractivity contribution < 1.29 is 4.74 Å². The molecule has 2 saturated heterocycles. The van der Waals surface area contributed by atoms with Crippen LogP contribution in [0.2, 0.25) is 0 Å². The molecule has 2 heterocycles. The number of likely N-dealkylation sites (tertiary alicyclic amines) is 2. The maximum atomic E-state index is 5.69. The molecular weight excluding hydrogens is 272 g/mol. The van der Waals surface area contributed by atoms with Gasteiger partial charge in [0, 0.05) is 6.61 Å². The summed E-state index contributed by atoms with van der Waals surface area (Å²) in [5, 5.41) is 0. The lowest BCUT2D eigenvalue weighted by molar-refractivity contribution is 0.0591. The third-order valence-electron chi connectivity index (χ3n) is 5.61. The second kappa shape index (κ2) is 9.89. The summed E-state index contributed by atoms with van der Waals surface area (Å²) in [6, 6.07) is 0. The van der Waals surface area contributed by atoms with Gasteiger partial charge in [0.1, 0.15) is 0 Å². The molecule has 0 atom stereocenters. The van der Waals surface area contributed by atoms with Gasteiger partial charge in [-0.2, -0.15) is 0 Å². The van der Waals surface area contributed by atoms with E-state index in [1.165, 1.54) is 77.7 Å². The summed E-state index contributed by atoms with van der Waals surface area (Å²) in [5.41, 5.74) is 0. The van der Waals surface area contributed by atoms with E-state index in [1.54, 1.807) is 0 Å². The minimum absolute atomic E-state index is 0.389. The van der Waals surface area contributed by atoms with Crippen molar-refractivity contribution in [1.82, 2.24) is 9.80 Å². The van der Waals surface area contributed by atoms with Gasteiger partial charge in [-0.15, -0.1) is 0 Å². The molecule has 0 spiro atoms. The van der Waals surface area contributed by atoms with E-state index in [1.807, 2.05) is 0 Å². The second-order valence-electron chi connectivity index (χ2n) is 7.88. The molecule has 0 saturated carbocycles. The van der Waals surface area contributed by atoms with Gasteiger partial charge in [-0.1, -0.05) is 0 Å². The molecule has 0 amide bonds. The monoisotopic (exact) mass is 310 g/mol. The first kappa shape index (κ1) is 18.2. The van der Waals surface area contributed by atoms with Crippen LogP contribution in [0.5, 0.6) is 0 Å². The molecule has 22 heavy (non-hydrogen) atoms. The average molecular weight is 311 g/mol. The van der Waals surface area contributed by atoms with Crippen LogP contribution >= 0.6 is 0 Å².